The number of fused-ring (bicyclic) bond motifs is 1. The van der Waals surface area contributed by atoms with Crippen LogP contribution in [0.15, 0.2) is 18.2 Å². The van der Waals surface area contributed by atoms with Crippen LogP contribution in [0.5, 0.6) is 5.75 Å². The summed E-state index contributed by atoms with van der Waals surface area (Å²) in [6.45, 7) is 4.17. The maximum absolute atomic E-state index is 11.0. The highest BCUT2D eigenvalue weighted by atomic mass is 16.5. The average Bonchev–Trinajstić information content (AvgIpc) is 2.53. The van der Waals surface area contributed by atoms with Crippen LogP contribution in [0.4, 0.5) is 0 Å². The van der Waals surface area contributed by atoms with Gasteiger partial charge in [0.1, 0.15) is 5.75 Å². The summed E-state index contributed by atoms with van der Waals surface area (Å²) in [5.74, 6) is 1.20. The standard InChI is InChI=1S/C18H26N2O2/c19-18(21)7-5-15-8-11-22-17-12-14(4-6-16(15)17)13-20-9-2-1-3-10-20/h4,6,12,15H,1-3,5,7-11,13H2,(H2,19,21). The molecule has 2 aliphatic heterocycles. The second-order valence-corrected chi connectivity index (χ2v) is 6.55. The van der Waals surface area contributed by atoms with Gasteiger partial charge in [0.15, 0.2) is 0 Å². The van der Waals surface area contributed by atoms with Gasteiger partial charge in [0.05, 0.1) is 6.61 Å². The lowest BCUT2D eigenvalue weighted by atomic mass is 9.88. The molecule has 1 saturated heterocycles. The Morgan fingerprint density at radius 3 is 2.86 bits per heavy atom. The minimum absolute atomic E-state index is 0.213. The lowest BCUT2D eigenvalue weighted by Crippen LogP contribution is -2.29. The molecule has 2 aliphatic rings. The number of likely N-dealkylation sites (tertiary alicyclic amines) is 1. The molecular formula is C18H26N2O2. The van der Waals surface area contributed by atoms with Gasteiger partial charge in [-0.25, -0.2) is 0 Å². The minimum atomic E-state index is -0.213. The maximum Gasteiger partial charge on any atom is 0.217 e. The highest BCUT2D eigenvalue weighted by molar-refractivity contribution is 5.73. The summed E-state index contributed by atoms with van der Waals surface area (Å²) in [6.07, 6.45) is 6.27. The van der Waals surface area contributed by atoms with E-state index < -0.39 is 0 Å². The van der Waals surface area contributed by atoms with Crippen molar-refractivity contribution < 1.29 is 9.53 Å². The van der Waals surface area contributed by atoms with E-state index in [4.69, 9.17) is 10.5 Å². The first-order chi connectivity index (χ1) is 10.7. The number of benzene rings is 1. The fourth-order valence-corrected chi connectivity index (χ4v) is 3.60. The molecule has 3 rings (SSSR count). The van der Waals surface area contributed by atoms with Crippen molar-refractivity contribution in [2.24, 2.45) is 5.73 Å². The number of carbonyl (C=O) groups is 1. The van der Waals surface area contributed by atoms with E-state index in [1.807, 2.05) is 0 Å². The number of amides is 1. The molecule has 0 spiro atoms. The number of primary amides is 1. The van der Waals surface area contributed by atoms with E-state index in [-0.39, 0.29) is 5.91 Å². The predicted octanol–water partition coefficient (Wildman–Crippen LogP) is 2.80. The molecule has 4 heteroatoms. The SMILES string of the molecule is NC(=O)CCC1CCOc2cc(CN3CCCCC3)ccc21. The van der Waals surface area contributed by atoms with E-state index >= 15 is 0 Å². The van der Waals surface area contributed by atoms with Gasteiger partial charge in [-0.1, -0.05) is 18.6 Å². The van der Waals surface area contributed by atoms with Gasteiger partial charge >= 0.3 is 0 Å². The third kappa shape index (κ3) is 3.80. The van der Waals surface area contributed by atoms with Gasteiger partial charge in [0.25, 0.3) is 0 Å². The van der Waals surface area contributed by atoms with Crippen LogP contribution in [-0.2, 0) is 11.3 Å². The molecule has 1 fully saturated rings. The fraction of sp³-hybridized carbons (Fsp3) is 0.611. The Balaban J connectivity index is 1.68. The molecule has 0 aliphatic carbocycles. The zero-order chi connectivity index (χ0) is 15.4. The number of ether oxygens (including phenoxy) is 1. The van der Waals surface area contributed by atoms with Gasteiger partial charge in [-0.2, -0.15) is 0 Å². The quantitative estimate of drug-likeness (QED) is 0.910. The molecule has 0 bridgehead atoms. The molecule has 0 aromatic heterocycles. The zero-order valence-electron chi connectivity index (χ0n) is 13.2. The number of rotatable bonds is 5. The van der Waals surface area contributed by atoms with Gasteiger partial charge in [-0.3, -0.25) is 9.69 Å². The van der Waals surface area contributed by atoms with Gasteiger partial charge in [0, 0.05) is 13.0 Å². The van der Waals surface area contributed by atoms with Crippen molar-refractivity contribution in [3.8, 4) is 5.75 Å². The third-order valence-electron chi connectivity index (χ3n) is 4.84. The summed E-state index contributed by atoms with van der Waals surface area (Å²) in [7, 11) is 0. The highest BCUT2D eigenvalue weighted by Crippen LogP contribution is 2.37. The fourth-order valence-electron chi connectivity index (χ4n) is 3.60. The van der Waals surface area contributed by atoms with Crippen LogP contribution in [-0.4, -0.2) is 30.5 Å². The molecule has 1 aromatic carbocycles. The van der Waals surface area contributed by atoms with E-state index in [9.17, 15) is 4.79 Å². The van der Waals surface area contributed by atoms with Crippen molar-refractivity contribution in [2.45, 2.75) is 51.0 Å². The zero-order valence-corrected chi connectivity index (χ0v) is 13.2. The lowest BCUT2D eigenvalue weighted by Gasteiger charge is -2.29. The number of nitrogens with two attached hydrogens (primary N) is 1. The molecule has 2 heterocycles. The van der Waals surface area contributed by atoms with Gasteiger partial charge in [-0.15, -0.1) is 0 Å². The Morgan fingerprint density at radius 1 is 1.27 bits per heavy atom. The van der Waals surface area contributed by atoms with Gasteiger partial charge in [-0.05, 0) is 61.9 Å². The molecular weight excluding hydrogens is 276 g/mol. The molecule has 2 N–H and O–H groups in total. The molecule has 1 amide bonds. The van der Waals surface area contributed by atoms with Crippen molar-refractivity contribution in [3.63, 3.8) is 0 Å². The molecule has 22 heavy (non-hydrogen) atoms. The summed E-state index contributed by atoms with van der Waals surface area (Å²) in [4.78, 5) is 13.5. The first-order valence-electron chi connectivity index (χ1n) is 8.48. The normalized spacial score (nSPS) is 21.9. The van der Waals surface area contributed by atoms with E-state index in [0.717, 1.165) is 31.7 Å². The van der Waals surface area contributed by atoms with Gasteiger partial charge < -0.3 is 10.5 Å². The molecule has 1 unspecified atom stereocenters. The number of nitrogens with zero attached hydrogens (tertiary/aromatic N) is 1. The highest BCUT2D eigenvalue weighted by Gasteiger charge is 2.22. The minimum Gasteiger partial charge on any atom is -0.493 e. The number of piperidine rings is 1. The van der Waals surface area contributed by atoms with Crippen LogP contribution in [0.25, 0.3) is 0 Å². The van der Waals surface area contributed by atoms with Crippen molar-refractivity contribution in [1.29, 1.82) is 0 Å². The van der Waals surface area contributed by atoms with Gasteiger partial charge in [0.2, 0.25) is 5.91 Å². The molecule has 0 radical (unpaired) electrons. The average molecular weight is 302 g/mol. The number of carbonyl (C=O) groups excluding carboxylic acids is 1. The van der Waals surface area contributed by atoms with E-state index in [1.54, 1.807) is 0 Å². The largest absolute Gasteiger partial charge is 0.493 e. The Morgan fingerprint density at radius 2 is 2.09 bits per heavy atom. The summed E-state index contributed by atoms with van der Waals surface area (Å²) in [6, 6.07) is 6.61. The van der Waals surface area contributed by atoms with Crippen molar-refractivity contribution in [2.75, 3.05) is 19.7 Å². The topological polar surface area (TPSA) is 55.6 Å². The lowest BCUT2D eigenvalue weighted by molar-refractivity contribution is -0.118. The molecule has 0 saturated carbocycles. The smallest absolute Gasteiger partial charge is 0.217 e. The van der Waals surface area contributed by atoms with E-state index in [1.165, 1.54) is 43.5 Å². The number of hydrogen-bond acceptors (Lipinski definition) is 3. The van der Waals surface area contributed by atoms with Crippen molar-refractivity contribution in [3.05, 3.63) is 29.3 Å². The Hall–Kier alpha value is -1.55. The second kappa shape index (κ2) is 7.14. The molecule has 120 valence electrons. The molecule has 1 atom stereocenters. The van der Waals surface area contributed by atoms with E-state index in [2.05, 4.69) is 23.1 Å². The van der Waals surface area contributed by atoms with Crippen LogP contribution in [0.2, 0.25) is 0 Å². The second-order valence-electron chi connectivity index (χ2n) is 6.55. The Labute approximate surface area is 132 Å². The van der Waals surface area contributed by atoms with Crippen molar-refractivity contribution in [1.82, 2.24) is 4.90 Å². The Kier molecular flexibility index (Phi) is 4.98. The van der Waals surface area contributed by atoms with Crippen LogP contribution in [0.3, 0.4) is 0 Å². The summed E-state index contributed by atoms with van der Waals surface area (Å²) >= 11 is 0. The summed E-state index contributed by atoms with van der Waals surface area (Å²) < 4.78 is 5.86. The summed E-state index contributed by atoms with van der Waals surface area (Å²) in [5.41, 5.74) is 7.86. The van der Waals surface area contributed by atoms with Crippen LogP contribution in [0, 0.1) is 0 Å². The first kappa shape index (κ1) is 15.3. The van der Waals surface area contributed by atoms with Crippen molar-refractivity contribution >= 4 is 5.91 Å². The molecule has 1 aromatic rings. The number of hydrogen-bond donors (Lipinski definition) is 1. The monoisotopic (exact) mass is 302 g/mol. The summed E-state index contributed by atoms with van der Waals surface area (Å²) in [5, 5.41) is 0. The van der Waals surface area contributed by atoms with E-state index in [0.29, 0.717) is 12.3 Å². The first-order valence-corrected chi connectivity index (χ1v) is 8.48. The third-order valence-corrected chi connectivity index (χ3v) is 4.84. The molecule has 4 nitrogen and oxygen atoms in total. The van der Waals surface area contributed by atoms with Crippen LogP contribution in [0.1, 0.15) is 55.6 Å². The van der Waals surface area contributed by atoms with Crippen LogP contribution < -0.4 is 10.5 Å². The van der Waals surface area contributed by atoms with Crippen LogP contribution >= 0.6 is 0 Å². The predicted molar refractivity (Wildman–Crippen MR) is 86.9 cm³/mol. The maximum atomic E-state index is 11.0. The Bertz CT molecular complexity index is 524.